The van der Waals surface area contributed by atoms with Crippen LogP contribution in [0.25, 0.3) is 0 Å². The third-order valence-electron chi connectivity index (χ3n) is 2.31. The fraction of sp³-hybridized carbons (Fsp3) is 0.0909. The molecule has 0 fully saturated rings. The van der Waals surface area contributed by atoms with Gasteiger partial charge in [0.1, 0.15) is 0 Å². The first kappa shape index (κ1) is 10.4. The highest BCUT2D eigenvalue weighted by Crippen LogP contribution is 2.22. The van der Waals surface area contributed by atoms with E-state index in [0.29, 0.717) is 0 Å². The number of nitrogens with zero attached hydrogens (tertiary/aromatic N) is 2. The second-order valence-corrected chi connectivity index (χ2v) is 3.29. The second kappa shape index (κ2) is 3.79. The van der Waals surface area contributed by atoms with Gasteiger partial charge in [-0.25, -0.2) is 9.48 Å². The summed E-state index contributed by atoms with van der Waals surface area (Å²) in [5.41, 5.74) is -1.91. The van der Waals surface area contributed by atoms with E-state index in [1.165, 1.54) is 24.5 Å². The molecule has 0 aliphatic rings. The van der Waals surface area contributed by atoms with Crippen LogP contribution in [-0.4, -0.2) is 26.0 Å². The molecule has 0 saturated heterocycles. The monoisotopic (exact) mass is 218 g/mol. The standard InChI is InChI=1S/C11H10N2O3/c14-10(15)11(16,13-8-4-7-12-13)9-5-2-1-3-6-9/h1-8,16H,(H,14,15). The Labute approximate surface area is 91.6 Å². The molecule has 2 N–H and O–H groups in total. The molecule has 1 aromatic heterocycles. The summed E-state index contributed by atoms with van der Waals surface area (Å²) in [5, 5.41) is 23.1. The van der Waals surface area contributed by atoms with Crippen molar-refractivity contribution in [1.29, 1.82) is 0 Å². The number of aliphatic carboxylic acids is 1. The van der Waals surface area contributed by atoms with Gasteiger partial charge < -0.3 is 10.2 Å². The highest BCUT2D eigenvalue weighted by Gasteiger charge is 2.40. The molecule has 2 aromatic rings. The molecule has 5 heteroatoms. The normalized spacial score (nSPS) is 14.3. The summed E-state index contributed by atoms with van der Waals surface area (Å²) in [6, 6.07) is 9.69. The van der Waals surface area contributed by atoms with Gasteiger partial charge in [-0.2, -0.15) is 5.10 Å². The summed E-state index contributed by atoms with van der Waals surface area (Å²) in [6.07, 6.45) is 2.82. The number of hydrogen-bond acceptors (Lipinski definition) is 3. The summed E-state index contributed by atoms with van der Waals surface area (Å²) in [6.45, 7) is 0. The number of benzene rings is 1. The lowest BCUT2D eigenvalue weighted by molar-refractivity contribution is -0.164. The van der Waals surface area contributed by atoms with Crippen LogP contribution < -0.4 is 0 Å². The topological polar surface area (TPSA) is 75.3 Å². The number of carbonyl (C=O) groups is 1. The number of rotatable bonds is 3. The number of aromatic nitrogens is 2. The third-order valence-corrected chi connectivity index (χ3v) is 2.31. The van der Waals surface area contributed by atoms with Gasteiger partial charge in [0.25, 0.3) is 5.72 Å². The Kier molecular flexibility index (Phi) is 2.46. The van der Waals surface area contributed by atoms with Crippen LogP contribution in [0, 0.1) is 0 Å². The number of carboxylic acid groups (broad SMARTS) is 1. The number of hydrogen-bond donors (Lipinski definition) is 2. The largest absolute Gasteiger partial charge is 0.477 e. The van der Waals surface area contributed by atoms with Gasteiger partial charge in [0.05, 0.1) is 0 Å². The lowest BCUT2D eigenvalue weighted by Crippen LogP contribution is -2.43. The van der Waals surface area contributed by atoms with Crippen molar-refractivity contribution in [3.05, 3.63) is 54.4 Å². The van der Waals surface area contributed by atoms with E-state index in [4.69, 9.17) is 5.11 Å². The van der Waals surface area contributed by atoms with Crippen molar-refractivity contribution >= 4 is 5.97 Å². The maximum absolute atomic E-state index is 11.2. The van der Waals surface area contributed by atoms with Crippen LogP contribution in [0.5, 0.6) is 0 Å². The predicted octanol–water partition coefficient (Wildman–Crippen LogP) is 0.661. The molecule has 5 nitrogen and oxygen atoms in total. The molecule has 1 atom stereocenters. The SMILES string of the molecule is O=C(O)C(O)(c1ccccc1)n1cccn1. The minimum absolute atomic E-state index is 0.256. The Morgan fingerprint density at radius 1 is 1.25 bits per heavy atom. The summed E-state index contributed by atoms with van der Waals surface area (Å²) in [7, 11) is 0. The molecule has 1 unspecified atom stereocenters. The summed E-state index contributed by atoms with van der Waals surface area (Å²) in [4.78, 5) is 11.2. The van der Waals surface area contributed by atoms with Crippen molar-refractivity contribution < 1.29 is 15.0 Å². The van der Waals surface area contributed by atoms with Gasteiger partial charge in [-0.3, -0.25) is 0 Å². The van der Waals surface area contributed by atoms with Crippen LogP contribution in [0.15, 0.2) is 48.8 Å². The fourth-order valence-corrected chi connectivity index (χ4v) is 1.48. The zero-order valence-corrected chi connectivity index (χ0v) is 8.32. The van der Waals surface area contributed by atoms with Crippen molar-refractivity contribution in [3.63, 3.8) is 0 Å². The van der Waals surface area contributed by atoms with E-state index in [-0.39, 0.29) is 5.56 Å². The quantitative estimate of drug-likeness (QED) is 0.793. The molecule has 82 valence electrons. The molecule has 16 heavy (non-hydrogen) atoms. The van der Waals surface area contributed by atoms with E-state index in [2.05, 4.69) is 5.10 Å². The Balaban J connectivity index is 2.58. The lowest BCUT2D eigenvalue weighted by Gasteiger charge is -2.23. The van der Waals surface area contributed by atoms with Crippen LogP contribution >= 0.6 is 0 Å². The molecular formula is C11H10N2O3. The first-order valence-corrected chi connectivity index (χ1v) is 4.67. The lowest BCUT2D eigenvalue weighted by atomic mass is 10.0. The van der Waals surface area contributed by atoms with Gasteiger partial charge in [-0.15, -0.1) is 0 Å². The van der Waals surface area contributed by atoms with Gasteiger partial charge in [-0.05, 0) is 6.07 Å². The van der Waals surface area contributed by atoms with Crippen molar-refractivity contribution in [1.82, 2.24) is 9.78 Å². The Morgan fingerprint density at radius 2 is 1.94 bits per heavy atom. The highest BCUT2D eigenvalue weighted by atomic mass is 16.4. The molecule has 2 rings (SSSR count). The number of aliphatic hydroxyl groups is 1. The minimum Gasteiger partial charge on any atom is -0.477 e. The highest BCUT2D eigenvalue weighted by molar-refractivity contribution is 5.78. The average Bonchev–Trinajstić information content (AvgIpc) is 2.82. The van der Waals surface area contributed by atoms with Crippen LogP contribution in [0.1, 0.15) is 5.56 Å². The van der Waals surface area contributed by atoms with Crippen LogP contribution in [0.3, 0.4) is 0 Å². The molecule has 0 aliphatic carbocycles. The van der Waals surface area contributed by atoms with E-state index >= 15 is 0 Å². The summed E-state index contributed by atoms with van der Waals surface area (Å²) in [5.74, 6) is -1.37. The second-order valence-electron chi connectivity index (χ2n) is 3.29. The maximum atomic E-state index is 11.2. The summed E-state index contributed by atoms with van der Waals surface area (Å²) >= 11 is 0. The van der Waals surface area contributed by atoms with Crippen LogP contribution in [0.4, 0.5) is 0 Å². The minimum atomic E-state index is -2.16. The Morgan fingerprint density at radius 3 is 2.44 bits per heavy atom. The molecule has 0 radical (unpaired) electrons. The van der Waals surface area contributed by atoms with Gasteiger partial charge >= 0.3 is 5.97 Å². The first-order chi connectivity index (χ1) is 7.65. The average molecular weight is 218 g/mol. The fourth-order valence-electron chi connectivity index (χ4n) is 1.48. The molecule has 0 aliphatic heterocycles. The number of carboxylic acids is 1. The first-order valence-electron chi connectivity index (χ1n) is 4.67. The third kappa shape index (κ3) is 1.47. The summed E-state index contributed by atoms with van der Waals surface area (Å²) < 4.78 is 1.00. The predicted molar refractivity (Wildman–Crippen MR) is 55.6 cm³/mol. The molecule has 1 heterocycles. The van der Waals surface area contributed by atoms with E-state index in [9.17, 15) is 9.90 Å². The molecular weight excluding hydrogens is 208 g/mol. The van der Waals surface area contributed by atoms with Crippen molar-refractivity contribution in [3.8, 4) is 0 Å². The Hall–Kier alpha value is -2.14. The van der Waals surface area contributed by atoms with Crippen molar-refractivity contribution in [2.45, 2.75) is 5.72 Å². The van der Waals surface area contributed by atoms with Crippen molar-refractivity contribution in [2.24, 2.45) is 0 Å². The van der Waals surface area contributed by atoms with Crippen LogP contribution in [0.2, 0.25) is 0 Å². The van der Waals surface area contributed by atoms with Crippen LogP contribution in [-0.2, 0) is 10.5 Å². The molecule has 0 saturated carbocycles. The Bertz CT molecular complexity index is 481. The van der Waals surface area contributed by atoms with Crippen molar-refractivity contribution in [2.75, 3.05) is 0 Å². The smallest absolute Gasteiger partial charge is 0.364 e. The molecule has 0 amide bonds. The van der Waals surface area contributed by atoms with E-state index in [1.807, 2.05) is 0 Å². The van der Waals surface area contributed by atoms with Gasteiger partial charge in [-0.1, -0.05) is 30.3 Å². The van der Waals surface area contributed by atoms with Gasteiger partial charge in [0.2, 0.25) is 0 Å². The van der Waals surface area contributed by atoms with Gasteiger partial charge in [0, 0.05) is 18.0 Å². The van der Waals surface area contributed by atoms with E-state index in [1.54, 1.807) is 24.3 Å². The maximum Gasteiger partial charge on any atom is 0.364 e. The molecule has 0 spiro atoms. The molecule has 0 bridgehead atoms. The van der Waals surface area contributed by atoms with Gasteiger partial charge in [0.15, 0.2) is 0 Å². The zero-order chi connectivity index (χ0) is 11.6. The van der Waals surface area contributed by atoms with E-state index in [0.717, 1.165) is 4.68 Å². The molecule has 1 aromatic carbocycles. The van der Waals surface area contributed by atoms with E-state index < -0.39 is 11.7 Å². The zero-order valence-electron chi connectivity index (χ0n) is 8.32.